The van der Waals surface area contributed by atoms with Gasteiger partial charge in [-0.3, -0.25) is 9.89 Å². The third kappa shape index (κ3) is 4.85. The van der Waals surface area contributed by atoms with Gasteiger partial charge in [0, 0.05) is 28.6 Å². The summed E-state index contributed by atoms with van der Waals surface area (Å²) >= 11 is 1.51. The highest BCUT2D eigenvalue weighted by Crippen LogP contribution is 2.31. The largest absolute Gasteiger partial charge is 0.370 e. The predicted molar refractivity (Wildman–Crippen MR) is 145 cm³/mol. The van der Waals surface area contributed by atoms with Crippen LogP contribution in [0.5, 0.6) is 0 Å². The number of aromatic nitrogens is 4. The van der Waals surface area contributed by atoms with Crippen LogP contribution in [0, 0.1) is 0 Å². The maximum Gasteiger partial charge on any atom is 0.251 e. The summed E-state index contributed by atoms with van der Waals surface area (Å²) in [7, 11) is -3.39. The average Bonchev–Trinajstić information content (AvgIpc) is 3.57. The first-order valence-corrected chi connectivity index (χ1v) is 14.7. The van der Waals surface area contributed by atoms with E-state index in [-0.39, 0.29) is 16.9 Å². The van der Waals surface area contributed by atoms with Gasteiger partial charge in [-0.25, -0.2) is 18.4 Å². The quantitative estimate of drug-likeness (QED) is 0.330. The molecule has 10 nitrogen and oxygen atoms in total. The van der Waals surface area contributed by atoms with E-state index in [1.807, 2.05) is 30.6 Å². The lowest BCUT2D eigenvalue weighted by molar-refractivity contribution is 0.0402. The number of amides is 1. The lowest BCUT2D eigenvalue weighted by atomic mass is 10.0. The Morgan fingerprint density at radius 2 is 2.08 bits per heavy atom. The number of carbonyl (C=O) groups excluding carboxylic acids is 1. The highest BCUT2D eigenvalue weighted by molar-refractivity contribution is 7.90. The van der Waals surface area contributed by atoms with E-state index >= 15 is 0 Å². The second-order valence-corrected chi connectivity index (χ2v) is 12.3. The second-order valence-electron chi connectivity index (χ2n) is 9.10. The molecule has 1 amide bonds. The van der Waals surface area contributed by atoms with Crippen LogP contribution < -0.4 is 10.2 Å². The molecule has 1 aliphatic rings. The highest BCUT2D eigenvalue weighted by atomic mass is 32.2. The molecule has 0 saturated carbocycles. The number of H-pyrrole nitrogens is 1. The number of ether oxygens (including phenoxy) is 1. The Morgan fingerprint density at radius 1 is 1.21 bits per heavy atom. The molecule has 5 aromatic rings. The van der Waals surface area contributed by atoms with Crippen molar-refractivity contribution in [3.05, 3.63) is 76.9 Å². The topological polar surface area (TPSA) is 130 Å². The number of thiophene rings is 1. The van der Waals surface area contributed by atoms with E-state index in [0.29, 0.717) is 37.8 Å². The highest BCUT2D eigenvalue weighted by Gasteiger charge is 2.26. The van der Waals surface area contributed by atoms with Gasteiger partial charge in [-0.15, -0.1) is 11.3 Å². The molecule has 3 aromatic heterocycles. The van der Waals surface area contributed by atoms with Crippen LogP contribution in [0.2, 0.25) is 0 Å². The summed E-state index contributed by atoms with van der Waals surface area (Å²) in [5.41, 5.74) is 3.16. The molecule has 38 heavy (non-hydrogen) atoms. The minimum absolute atomic E-state index is 0.113. The van der Waals surface area contributed by atoms with Crippen LogP contribution in [0.1, 0.15) is 26.9 Å². The van der Waals surface area contributed by atoms with E-state index in [2.05, 4.69) is 31.5 Å². The molecule has 1 saturated heterocycles. The summed E-state index contributed by atoms with van der Waals surface area (Å²) in [6, 6.07) is 14.0. The fourth-order valence-corrected chi connectivity index (χ4v) is 6.13. The van der Waals surface area contributed by atoms with Crippen molar-refractivity contribution >= 4 is 54.1 Å². The molecule has 1 aliphatic heterocycles. The SMILES string of the molecule is CS(=O)(=O)c1cccc(C(=O)NCc2cc3nc(N4CCOC(c5cccc6[nH]ncc56)C4)ncc3s2)c1. The molecule has 0 aliphatic carbocycles. The first-order chi connectivity index (χ1) is 18.3. The molecule has 1 unspecified atom stereocenters. The van der Waals surface area contributed by atoms with E-state index in [9.17, 15) is 13.2 Å². The molecular weight excluding hydrogens is 524 g/mol. The van der Waals surface area contributed by atoms with Crippen molar-refractivity contribution in [2.24, 2.45) is 0 Å². The zero-order valence-electron chi connectivity index (χ0n) is 20.4. The van der Waals surface area contributed by atoms with Crippen molar-refractivity contribution in [2.45, 2.75) is 17.5 Å². The van der Waals surface area contributed by atoms with E-state index in [4.69, 9.17) is 9.72 Å². The van der Waals surface area contributed by atoms with Gasteiger partial charge in [0.1, 0.15) is 6.10 Å². The molecule has 0 radical (unpaired) electrons. The van der Waals surface area contributed by atoms with Crippen molar-refractivity contribution < 1.29 is 17.9 Å². The number of fused-ring (bicyclic) bond motifs is 2. The number of anilines is 1. The summed E-state index contributed by atoms with van der Waals surface area (Å²) < 4.78 is 30.6. The number of aromatic amines is 1. The zero-order valence-corrected chi connectivity index (χ0v) is 22.1. The number of hydrogen-bond acceptors (Lipinski definition) is 9. The van der Waals surface area contributed by atoms with Gasteiger partial charge in [-0.2, -0.15) is 5.10 Å². The maximum absolute atomic E-state index is 12.6. The lowest BCUT2D eigenvalue weighted by Gasteiger charge is -2.33. The van der Waals surface area contributed by atoms with Crippen LogP contribution in [-0.4, -0.2) is 60.4 Å². The van der Waals surface area contributed by atoms with E-state index in [1.54, 1.807) is 12.1 Å². The molecule has 0 bridgehead atoms. The van der Waals surface area contributed by atoms with Crippen LogP contribution in [0.4, 0.5) is 5.95 Å². The molecule has 2 N–H and O–H groups in total. The Bertz CT molecular complexity index is 1760. The smallest absolute Gasteiger partial charge is 0.251 e. The molecule has 0 spiro atoms. The molecule has 194 valence electrons. The summed E-state index contributed by atoms with van der Waals surface area (Å²) in [6.07, 6.45) is 4.63. The predicted octanol–water partition coefficient (Wildman–Crippen LogP) is 3.48. The number of hydrogen-bond donors (Lipinski definition) is 2. The number of carbonyl (C=O) groups is 1. The van der Waals surface area contributed by atoms with Gasteiger partial charge in [0.05, 0.1) is 52.7 Å². The van der Waals surface area contributed by atoms with Gasteiger partial charge in [-0.1, -0.05) is 18.2 Å². The normalized spacial score (nSPS) is 16.2. The van der Waals surface area contributed by atoms with Crippen LogP contribution in [0.15, 0.2) is 65.8 Å². The Labute approximate surface area is 222 Å². The Balaban J connectivity index is 1.16. The van der Waals surface area contributed by atoms with Crippen molar-refractivity contribution in [3.63, 3.8) is 0 Å². The number of rotatable bonds is 6. The number of morpholine rings is 1. The van der Waals surface area contributed by atoms with Gasteiger partial charge >= 0.3 is 0 Å². The van der Waals surface area contributed by atoms with Gasteiger partial charge in [0.2, 0.25) is 5.95 Å². The van der Waals surface area contributed by atoms with E-state index in [1.165, 1.54) is 23.5 Å². The minimum Gasteiger partial charge on any atom is -0.370 e. The molecule has 4 heterocycles. The fourth-order valence-electron chi connectivity index (χ4n) is 4.55. The third-order valence-corrected chi connectivity index (χ3v) is 8.64. The van der Waals surface area contributed by atoms with Crippen LogP contribution >= 0.6 is 11.3 Å². The average molecular weight is 549 g/mol. The lowest BCUT2D eigenvalue weighted by Crippen LogP contribution is -2.39. The zero-order chi connectivity index (χ0) is 26.3. The van der Waals surface area contributed by atoms with E-state index in [0.717, 1.165) is 37.8 Å². The first kappa shape index (κ1) is 24.5. The van der Waals surface area contributed by atoms with Gasteiger partial charge in [0.15, 0.2) is 9.84 Å². The second kappa shape index (κ2) is 9.78. The first-order valence-electron chi connectivity index (χ1n) is 12.0. The number of sulfone groups is 1. The van der Waals surface area contributed by atoms with Crippen LogP contribution in [0.25, 0.3) is 21.1 Å². The van der Waals surface area contributed by atoms with Crippen LogP contribution in [0.3, 0.4) is 0 Å². The summed E-state index contributed by atoms with van der Waals surface area (Å²) in [5, 5.41) is 11.1. The summed E-state index contributed by atoms with van der Waals surface area (Å²) in [5.74, 6) is 0.294. The van der Waals surface area contributed by atoms with Crippen molar-refractivity contribution in [3.8, 4) is 0 Å². The molecular formula is C26H24N6O4S2. The summed E-state index contributed by atoms with van der Waals surface area (Å²) in [4.78, 5) is 25.2. The third-order valence-electron chi connectivity index (χ3n) is 6.47. The standard InChI is InChI=1S/C26H24N6O4S2/c1-38(34,35)18-5-2-4-16(10-18)25(33)27-12-17-11-22-24(37-17)14-28-26(30-22)32-8-9-36-23(15-32)19-6-3-7-21-20(19)13-29-31-21/h2-7,10-11,13-14,23H,8-9,12,15H2,1H3,(H,27,33)(H,29,31). The molecule has 6 rings (SSSR count). The molecule has 1 fully saturated rings. The molecule has 2 aromatic carbocycles. The van der Waals surface area contributed by atoms with Crippen molar-refractivity contribution in [1.82, 2.24) is 25.5 Å². The van der Waals surface area contributed by atoms with Crippen molar-refractivity contribution in [1.29, 1.82) is 0 Å². The molecule has 1 atom stereocenters. The maximum atomic E-state index is 12.6. The van der Waals surface area contributed by atoms with E-state index < -0.39 is 9.84 Å². The minimum atomic E-state index is -3.39. The Hall–Kier alpha value is -3.87. The van der Waals surface area contributed by atoms with Gasteiger partial charge < -0.3 is 15.0 Å². The number of nitrogens with one attached hydrogen (secondary N) is 2. The van der Waals surface area contributed by atoms with Gasteiger partial charge in [-0.05, 0) is 35.9 Å². The Kier molecular flexibility index (Phi) is 6.30. The molecule has 12 heteroatoms. The van der Waals surface area contributed by atoms with Gasteiger partial charge in [0.25, 0.3) is 5.91 Å². The monoisotopic (exact) mass is 548 g/mol. The summed E-state index contributed by atoms with van der Waals surface area (Å²) in [6.45, 7) is 2.16. The van der Waals surface area contributed by atoms with Crippen molar-refractivity contribution in [2.75, 3.05) is 30.9 Å². The fraction of sp³-hybridized carbons (Fsp3) is 0.231. The number of nitrogens with zero attached hydrogens (tertiary/aromatic N) is 4. The Morgan fingerprint density at radius 3 is 2.95 bits per heavy atom. The van der Waals surface area contributed by atoms with Crippen LogP contribution in [-0.2, 0) is 21.1 Å². The number of benzene rings is 2.